The van der Waals surface area contributed by atoms with Crippen molar-refractivity contribution < 1.29 is 10.2 Å². The van der Waals surface area contributed by atoms with Gasteiger partial charge in [-0.25, -0.2) is 4.99 Å². The fourth-order valence-electron chi connectivity index (χ4n) is 0.854. The highest BCUT2D eigenvalue weighted by atomic mass is 16.3. The minimum atomic E-state index is -0.183. The number of phenolic OH excluding ortho intramolecular Hbond substituents is 2. The summed E-state index contributed by atoms with van der Waals surface area (Å²) in [5.41, 5.74) is 10.9. The summed E-state index contributed by atoms with van der Waals surface area (Å²) in [6, 6.07) is 4.40. The van der Waals surface area contributed by atoms with Crippen molar-refractivity contribution in [3.05, 3.63) is 30.0 Å². The van der Waals surface area contributed by atoms with Gasteiger partial charge in [-0.05, 0) is 23.8 Å². The number of hydrogen-bond donors (Lipinski definition) is 4. The van der Waals surface area contributed by atoms with Gasteiger partial charge in [0.2, 0.25) is 0 Å². The van der Waals surface area contributed by atoms with Crippen molar-refractivity contribution in [2.75, 3.05) is 0 Å². The van der Waals surface area contributed by atoms with Gasteiger partial charge in [0.05, 0.1) is 0 Å². The number of nitrogens with two attached hydrogens (primary N) is 2. The van der Waals surface area contributed by atoms with Crippen molar-refractivity contribution in [1.82, 2.24) is 0 Å². The van der Waals surface area contributed by atoms with E-state index in [1.807, 2.05) is 0 Å². The third kappa shape index (κ3) is 2.71. The van der Waals surface area contributed by atoms with Crippen molar-refractivity contribution in [1.29, 1.82) is 0 Å². The van der Waals surface area contributed by atoms with E-state index in [2.05, 4.69) is 4.99 Å². The molecule has 6 N–H and O–H groups in total. The lowest BCUT2D eigenvalue weighted by atomic mass is 10.2. The Bertz CT molecular complexity index is 382. The molecular weight excluding hydrogens is 182 g/mol. The Hall–Kier alpha value is -2.17. The second-order valence-corrected chi connectivity index (χ2v) is 2.62. The van der Waals surface area contributed by atoms with Gasteiger partial charge in [-0.15, -0.1) is 0 Å². The highest BCUT2D eigenvalue weighted by molar-refractivity contribution is 5.76. The molecule has 0 aromatic heterocycles. The van der Waals surface area contributed by atoms with Crippen LogP contribution in [0.25, 0.3) is 6.08 Å². The molecule has 0 bridgehead atoms. The van der Waals surface area contributed by atoms with Gasteiger partial charge in [0.1, 0.15) is 0 Å². The van der Waals surface area contributed by atoms with E-state index in [0.29, 0.717) is 5.56 Å². The van der Waals surface area contributed by atoms with Crippen LogP contribution in [0.2, 0.25) is 0 Å². The molecule has 0 amide bonds. The van der Waals surface area contributed by atoms with Crippen LogP contribution in [0, 0.1) is 0 Å². The monoisotopic (exact) mass is 193 g/mol. The summed E-state index contributed by atoms with van der Waals surface area (Å²) >= 11 is 0. The lowest BCUT2D eigenvalue weighted by Crippen LogP contribution is -2.21. The predicted octanol–water partition coefficient (Wildman–Crippen LogP) is 0.342. The molecule has 5 heteroatoms. The van der Waals surface area contributed by atoms with Crippen LogP contribution in [0.3, 0.4) is 0 Å². The van der Waals surface area contributed by atoms with Crippen molar-refractivity contribution in [3.8, 4) is 11.5 Å². The zero-order chi connectivity index (χ0) is 10.6. The summed E-state index contributed by atoms with van der Waals surface area (Å²) in [4.78, 5) is 3.62. The number of nitrogens with zero attached hydrogens (tertiary/aromatic N) is 1. The summed E-state index contributed by atoms with van der Waals surface area (Å²) in [5, 5.41) is 18.2. The number of benzene rings is 1. The molecule has 1 aromatic carbocycles. The molecule has 0 aliphatic rings. The number of phenols is 2. The Morgan fingerprint density at radius 1 is 1.21 bits per heavy atom. The molecule has 1 aromatic rings. The number of guanidine groups is 1. The summed E-state index contributed by atoms with van der Waals surface area (Å²) < 4.78 is 0. The van der Waals surface area contributed by atoms with Gasteiger partial charge in [-0.3, -0.25) is 0 Å². The fourth-order valence-corrected chi connectivity index (χ4v) is 0.854. The maximum atomic E-state index is 9.14. The molecule has 0 unspecified atom stereocenters. The van der Waals surface area contributed by atoms with Crippen LogP contribution in [0.1, 0.15) is 5.56 Å². The number of aromatic hydroxyl groups is 2. The van der Waals surface area contributed by atoms with Crippen LogP contribution in [0.15, 0.2) is 29.4 Å². The van der Waals surface area contributed by atoms with Crippen molar-refractivity contribution in [3.63, 3.8) is 0 Å². The molecule has 0 spiro atoms. The summed E-state index contributed by atoms with van der Waals surface area (Å²) in [6.07, 6.45) is 3.00. The zero-order valence-electron chi connectivity index (χ0n) is 7.38. The van der Waals surface area contributed by atoms with Crippen molar-refractivity contribution >= 4 is 12.0 Å². The van der Waals surface area contributed by atoms with Gasteiger partial charge < -0.3 is 21.7 Å². The van der Waals surface area contributed by atoms with E-state index in [4.69, 9.17) is 21.7 Å². The quantitative estimate of drug-likeness (QED) is 0.309. The van der Waals surface area contributed by atoms with E-state index in [1.165, 1.54) is 18.3 Å². The molecule has 0 fully saturated rings. The third-order valence-electron chi connectivity index (χ3n) is 1.49. The smallest absolute Gasteiger partial charge is 0.190 e. The fraction of sp³-hybridized carbons (Fsp3) is 0. The van der Waals surface area contributed by atoms with Gasteiger partial charge >= 0.3 is 0 Å². The van der Waals surface area contributed by atoms with Crippen molar-refractivity contribution in [2.45, 2.75) is 0 Å². The molecule has 0 heterocycles. The Morgan fingerprint density at radius 2 is 1.93 bits per heavy atom. The Kier molecular flexibility index (Phi) is 2.96. The first kappa shape index (κ1) is 9.91. The van der Waals surface area contributed by atoms with Crippen LogP contribution in [-0.4, -0.2) is 16.2 Å². The highest BCUT2D eigenvalue weighted by Crippen LogP contribution is 2.25. The van der Waals surface area contributed by atoms with Crippen LogP contribution < -0.4 is 11.5 Å². The minimum absolute atomic E-state index is 0.0377. The average Bonchev–Trinajstić information content (AvgIpc) is 2.10. The number of hydrogen-bond acceptors (Lipinski definition) is 3. The molecular formula is C9H11N3O2. The standard InChI is InChI=1S/C9H11N3O2/c10-9(11)12-4-3-6-1-2-7(13)8(14)5-6/h1-5,13-14H,(H4,10,11,12). The first-order chi connectivity index (χ1) is 6.59. The summed E-state index contributed by atoms with van der Waals surface area (Å²) in [5.74, 6) is -0.384. The molecule has 0 atom stereocenters. The van der Waals surface area contributed by atoms with E-state index in [-0.39, 0.29) is 17.5 Å². The predicted molar refractivity (Wildman–Crippen MR) is 54.6 cm³/mol. The molecule has 0 aliphatic heterocycles. The Balaban J connectivity index is 2.83. The molecule has 74 valence electrons. The van der Waals surface area contributed by atoms with Crippen LogP contribution in [0.5, 0.6) is 11.5 Å². The van der Waals surface area contributed by atoms with Gasteiger partial charge in [0.15, 0.2) is 17.5 Å². The normalized spacial score (nSPS) is 10.3. The molecule has 0 saturated heterocycles. The maximum Gasteiger partial charge on any atom is 0.190 e. The maximum absolute atomic E-state index is 9.14. The van der Waals surface area contributed by atoms with Crippen LogP contribution >= 0.6 is 0 Å². The van der Waals surface area contributed by atoms with E-state index < -0.39 is 0 Å². The minimum Gasteiger partial charge on any atom is -0.504 e. The molecule has 1 rings (SSSR count). The average molecular weight is 193 g/mol. The summed E-state index contributed by atoms with van der Waals surface area (Å²) in [7, 11) is 0. The largest absolute Gasteiger partial charge is 0.504 e. The summed E-state index contributed by atoms with van der Waals surface area (Å²) in [6.45, 7) is 0. The van der Waals surface area contributed by atoms with Gasteiger partial charge in [-0.1, -0.05) is 6.07 Å². The first-order valence-corrected chi connectivity index (χ1v) is 3.87. The van der Waals surface area contributed by atoms with Crippen molar-refractivity contribution in [2.24, 2.45) is 16.5 Å². The van der Waals surface area contributed by atoms with E-state index in [0.717, 1.165) is 0 Å². The SMILES string of the molecule is NC(N)=NC=Cc1ccc(O)c(O)c1. The molecule has 0 radical (unpaired) electrons. The van der Waals surface area contributed by atoms with Gasteiger partial charge in [0.25, 0.3) is 0 Å². The third-order valence-corrected chi connectivity index (χ3v) is 1.49. The van der Waals surface area contributed by atoms with E-state index in [1.54, 1.807) is 12.1 Å². The van der Waals surface area contributed by atoms with Crippen LogP contribution in [-0.2, 0) is 0 Å². The van der Waals surface area contributed by atoms with E-state index in [9.17, 15) is 0 Å². The number of rotatable bonds is 2. The molecule has 5 nitrogen and oxygen atoms in total. The van der Waals surface area contributed by atoms with Crippen LogP contribution in [0.4, 0.5) is 0 Å². The number of aliphatic imine (C=N–C) groups is 1. The highest BCUT2D eigenvalue weighted by Gasteiger charge is 1.96. The first-order valence-electron chi connectivity index (χ1n) is 3.87. The second kappa shape index (κ2) is 4.18. The lowest BCUT2D eigenvalue weighted by Gasteiger charge is -1.97. The zero-order valence-corrected chi connectivity index (χ0v) is 7.38. The van der Waals surface area contributed by atoms with Gasteiger partial charge in [0, 0.05) is 6.20 Å². The molecule has 0 aliphatic carbocycles. The molecule has 0 saturated carbocycles. The Morgan fingerprint density at radius 3 is 2.50 bits per heavy atom. The lowest BCUT2D eigenvalue weighted by molar-refractivity contribution is 0.403. The second-order valence-electron chi connectivity index (χ2n) is 2.62. The molecule has 14 heavy (non-hydrogen) atoms. The van der Waals surface area contributed by atoms with Gasteiger partial charge in [-0.2, -0.15) is 0 Å². The topological polar surface area (TPSA) is 105 Å². The van der Waals surface area contributed by atoms with E-state index >= 15 is 0 Å². The Labute approximate surface area is 81.0 Å².